The van der Waals surface area contributed by atoms with Crippen molar-refractivity contribution >= 4 is 17.5 Å². The number of urea groups is 1. The first-order chi connectivity index (χ1) is 8.54. The summed E-state index contributed by atoms with van der Waals surface area (Å²) >= 11 is 0. The zero-order valence-corrected chi connectivity index (χ0v) is 10.1. The van der Waals surface area contributed by atoms with Crippen LogP contribution in [0.4, 0.5) is 20.7 Å². The second-order valence-corrected chi connectivity index (χ2v) is 3.88. The second kappa shape index (κ2) is 4.87. The topological polar surface area (TPSA) is 59.0 Å². The van der Waals surface area contributed by atoms with Crippen LogP contribution in [0.1, 0.15) is 5.69 Å². The van der Waals surface area contributed by atoms with E-state index in [9.17, 15) is 9.18 Å². The number of carbonyl (C=O) groups excluding carboxylic acids is 1. The number of anilines is 2. The largest absolute Gasteiger partial charge is 0.324 e. The molecule has 0 radical (unpaired) electrons. The first-order valence-electron chi connectivity index (χ1n) is 5.39. The normalized spacial score (nSPS) is 10.2. The molecule has 0 fully saturated rings. The van der Waals surface area contributed by atoms with Crippen LogP contribution in [0.15, 0.2) is 30.3 Å². The SMILES string of the molecule is Cc1cc(NC(=O)Nc2cccc(F)c2)nn1C. The number of halogens is 1. The van der Waals surface area contributed by atoms with E-state index < -0.39 is 11.8 Å². The molecule has 0 unspecified atom stereocenters. The zero-order valence-electron chi connectivity index (χ0n) is 10.1. The number of aromatic nitrogens is 2. The van der Waals surface area contributed by atoms with Gasteiger partial charge in [-0.1, -0.05) is 6.07 Å². The van der Waals surface area contributed by atoms with E-state index >= 15 is 0 Å². The quantitative estimate of drug-likeness (QED) is 0.857. The van der Waals surface area contributed by atoms with E-state index in [1.54, 1.807) is 23.9 Å². The molecule has 0 saturated carbocycles. The third-order valence-corrected chi connectivity index (χ3v) is 2.44. The summed E-state index contributed by atoms with van der Waals surface area (Å²) in [4.78, 5) is 11.6. The van der Waals surface area contributed by atoms with Crippen molar-refractivity contribution in [2.24, 2.45) is 7.05 Å². The van der Waals surface area contributed by atoms with Crippen LogP contribution in [0.5, 0.6) is 0 Å². The summed E-state index contributed by atoms with van der Waals surface area (Å²) in [6.07, 6.45) is 0. The van der Waals surface area contributed by atoms with Crippen molar-refractivity contribution < 1.29 is 9.18 Å². The molecule has 1 heterocycles. The van der Waals surface area contributed by atoms with Gasteiger partial charge in [0, 0.05) is 24.5 Å². The van der Waals surface area contributed by atoms with Gasteiger partial charge in [-0.3, -0.25) is 10.00 Å². The van der Waals surface area contributed by atoms with Crippen molar-refractivity contribution in [3.8, 4) is 0 Å². The smallest absolute Gasteiger partial charge is 0.308 e. The van der Waals surface area contributed by atoms with Gasteiger partial charge in [-0.2, -0.15) is 5.10 Å². The number of nitrogens with zero attached hydrogens (tertiary/aromatic N) is 2. The summed E-state index contributed by atoms with van der Waals surface area (Å²) < 4.78 is 14.6. The fourth-order valence-corrected chi connectivity index (χ4v) is 1.47. The molecule has 0 saturated heterocycles. The lowest BCUT2D eigenvalue weighted by molar-refractivity contribution is 0.262. The van der Waals surface area contributed by atoms with Gasteiger partial charge in [-0.05, 0) is 25.1 Å². The Bertz CT molecular complexity index is 560. The summed E-state index contributed by atoms with van der Waals surface area (Å²) in [6.45, 7) is 1.88. The Morgan fingerprint density at radius 3 is 2.72 bits per heavy atom. The number of carbonyl (C=O) groups is 1. The fraction of sp³-hybridized carbons (Fsp3) is 0.167. The molecule has 0 bridgehead atoms. The van der Waals surface area contributed by atoms with Gasteiger partial charge in [0.1, 0.15) is 5.82 Å². The van der Waals surface area contributed by atoms with E-state index in [0.717, 1.165) is 5.69 Å². The maximum absolute atomic E-state index is 12.9. The molecule has 2 N–H and O–H groups in total. The van der Waals surface area contributed by atoms with Crippen LogP contribution in [-0.2, 0) is 7.05 Å². The highest BCUT2D eigenvalue weighted by molar-refractivity contribution is 5.99. The molecular weight excluding hydrogens is 235 g/mol. The van der Waals surface area contributed by atoms with E-state index in [2.05, 4.69) is 15.7 Å². The number of rotatable bonds is 2. The minimum absolute atomic E-state index is 0.389. The number of nitrogens with one attached hydrogen (secondary N) is 2. The predicted molar refractivity (Wildman–Crippen MR) is 67.0 cm³/mol. The highest BCUT2D eigenvalue weighted by Gasteiger charge is 2.06. The number of hydrogen-bond donors (Lipinski definition) is 2. The Hall–Kier alpha value is -2.37. The molecule has 1 aromatic heterocycles. The summed E-state index contributed by atoms with van der Waals surface area (Å²) in [5.74, 6) is 0.0467. The van der Waals surface area contributed by atoms with Gasteiger partial charge in [0.2, 0.25) is 0 Å². The summed E-state index contributed by atoms with van der Waals surface area (Å²) in [7, 11) is 1.78. The molecule has 0 spiro atoms. The van der Waals surface area contributed by atoms with Crippen LogP contribution in [0.25, 0.3) is 0 Å². The maximum Gasteiger partial charge on any atom is 0.324 e. The first kappa shape index (κ1) is 12.1. The lowest BCUT2D eigenvalue weighted by Crippen LogP contribution is -2.19. The number of amides is 2. The molecule has 6 heteroatoms. The summed E-state index contributed by atoms with van der Waals surface area (Å²) in [5.41, 5.74) is 1.32. The molecule has 0 atom stereocenters. The van der Waals surface area contributed by atoms with Crippen LogP contribution in [-0.4, -0.2) is 15.8 Å². The van der Waals surface area contributed by atoms with Gasteiger partial charge >= 0.3 is 6.03 Å². The van der Waals surface area contributed by atoms with Gasteiger partial charge in [-0.15, -0.1) is 0 Å². The van der Waals surface area contributed by atoms with Crippen LogP contribution in [0.2, 0.25) is 0 Å². The van der Waals surface area contributed by atoms with E-state index in [0.29, 0.717) is 11.5 Å². The van der Waals surface area contributed by atoms with Gasteiger partial charge in [-0.25, -0.2) is 9.18 Å². The predicted octanol–water partition coefficient (Wildman–Crippen LogP) is 2.51. The number of aryl methyl sites for hydroxylation is 2. The van der Waals surface area contributed by atoms with Gasteiger partial charge < -0.3 is 5.32 Å². The molecule has 94 valence electrons. The molecule has 0 aliphatic rings. The Morgan fingerprint density at radius 1 is 1.33 bits per heavy atom. The first-order valence-corrected chi connectivity index (χ1v) is 5.39. The van der Waals surface area contributed by atoms with Crippen molar-refractivity contribution in [3.63, 3.8) is 0 Å². The molecule has 5 nitrogen and oxygen atoms in total. The minimum atomic E-state index is -0.460. The Morgan fingerprint density at radius 2 is 2.11 bits per heavy atom. The molecular formula is C12H13FN4O. The zero-order chi connectivity index (χ0) is 13.1. The molecule has 18 heavy (non-hydrogen) atoms. The van der Waals surface area contributed by atoms with Crippen molar-refractivity contribution in [1.82, 2.24) is 9.78 Å². The Balaban J connectivity index is 2.01. The van der Waals surface area contributed by atoms with Crippen molar-refractivity contribution in [2.75, 3.05) is 10.6 Å². The van der Waals surface area contributed by atoms with E-state index in [1.165, 1.54) is 18.2 Å². The molecule has 0 aliphatic carbocycles. The second-order valence-electron chi connectivity index (χ2n) is 3.88. The molecule has 0 aliphatic heterocycles. The average Bonchev–Trinajstić information content (AvgIpc) is 2.57. The third kappa shape index (κ3) is 2.85. The maximum atomic E-state index is 12.9. The lowest BCUT2D eigenvalue weighted by atomic mass is 10.3. The van der Waals surface area contributed by atoms with Crippen LogP contribution < -0.4 is 10.6 Å². The highest BCUT2D eigenvalue weighted by Crippen LogP contribution is 2.11. The van der Waals surface area contributed by atoms with Crippen molar-refractivity contribution in [1.29, 1.82) is 0 Å². The summed E-state index contributed by atoms with van der Waals surface area (Å²) in [6, 6.07) is 6.96. The van der Waals surface area contributed by atoms with Gasteiger partial charge in [0.15, 0.2) is 5.82 Å². The monoisotopic (exact) mass is 248 g/mol. The lowest BCUT2D eigenvalue weighted by Gasteiger charge is -2.05. The van der Waals surface area contributed by atoms with E-state index in [-0.39, 0.29) is 0 Å². The van der Waals surface area contributed by atoms with Crippen molar-refractivity contribution in [3.05, 3.63) is 41.8 Å². The molecule has 2 aromatic rings. The minimum Gasteiger partial charge on any atom is -0.308 e. The third-order valence-electron chi connectivity index (χ3n) is 2.44. The van der Waals surface area contributed by atoms with Crippen LogP contribution in [0.3, 0.4) is 0 Å². The molecule has 2 amide bonds. The molecule has 1 aromatic carbocycles. The van der Waals surface area contributed by atoms with E-state index in [1.807, 2.05) is 6.92 Å². The highest BCUT2D eigenvalue weighted by atomic mass is 19.1. The summed E-state index contributed by atoms with van der Waals surface area (Å²) in [5, 5.41) is 9.17. The Kier molecular flexibility index (Phi) is 3.27. The number of benzene rings is 1. The van der Waals surface area contributed by atoms with Crippen molar-refractivity contribution in [2.45, 2.75) is 6.92 Å². The van der Waals surface area contributed by atoms with Gasteiger partial charge in [0.05, 0.1) is 0 Å². The molecule has 2 rings (SSSR count). The number of hydrogen-bond acceptors (Lipinski definition) is 2. The standard InChI is InChI=1S/C12H13FN4O/c1-8-6-11(16-17(8)2)15-12(18)14-10-5-3-4-9(13)7-10/h3-7H,1-2H3,(H2,14,15,16,18). The van der Waals surface area contributed by atoms with Gasteiger partial charge in [0.25, 0.3) is 0 Å². The van der Waals surface area contributed by atoms with E-state index in [4.69, 9.17) is 0 Å². The fourth-order valence-electron chi connectivity index (χ4n) is 1.47. The average molecular weight is 248 g/mol. The van der Waals surface area contributed by atoms with Crippen LogP contribution in [0, 0.1) is 12.7 Å². The van der Waals surface area contributed by atoms with Crippen LogP contribution >= 0.6 is 0 Å². The Labute approximate surface area is 104 Å².